The van der Waals surface area contributed by atoms with Crippen molar-refractivity contribution in [2.24, 2.45) is 11.7 Å². The van der Waals surface area contributed by atoms with E-state index in [1.807, 2.05) is 13.0 Å². The van der Waals surface area contributed by atoms with Crippen LogP contribution in [0.1, 0.15) is 30.1 Å². The van der Waals surface area contributed by atoms with E-state index in [1.165, 1.54) is 0 Å². The lowest BCUT2D eigenvalue weighted by Crippen LogP contribution is -2.53. The summed E-state index contributed by atoms with van der Waals surface area (Å²) in [5.74, 6) is 1.34. The molecule has 1 saturated carbocycles. The van der Waals surface area contributed by atoms with Gasteiger partial charge in [0.15, 0.2) is 0 Å². The summed E-state index contributed by atoms with van der Waals surface area (Å²) >= 11 is 0. The number of amides is 1. The van der Waals surface area contributed by atoms with E-state index in [2.05, 4.69) is 27.1 Å². The third-order valence-corrected chi connectivity index (χ3v) is 5.14. The topological polar surface area (TPSA) is 74.5 Å². The molecule has 1 aliphatic heterocycles. The van der Waals surface area contributed by atoms with Gasteiger partial charge in [0.2, 0.25) is 0 Å². The molecule has 1 unspecified atom stereocenters. The molecule has 0 bridgehead atoms. The lowest BCUT2D eigenvalue weighted by molar-refractivity contribution is 0.0897. The fourth-order valence-electron chi connectivity index (χ4n) is 3.14. The Morgan fingerprint density at radius 3 is 2.52 bits per heavy atom. The van der Waals surface area contributed by atoms with Gasteiger partial charge in [0.25, 0.3) is 5.91 Å². The van der Waals surface area contributed by atoms with Crippen molar-refractivity contribution in [3.8, 4) is 0 Å². The molecule has 25 heavy (non-hydrogen) atoms. The zero-order chi connectivity index (χ0) is 16.4. The van der Waals surface area contributed by atoms with Gasteiger partial charge in [0.1, 0.15) is 5.82 Å². The Hall–Kier alpha value is -1.08. The van der Waals surface area contributed by atoms with Crippen molar-refractivity contribution in [3.05, 3.63) is 23.9 Å². The molecule has 8 heteroatoms. The Morgan fingerprint density at radius 2 is 1.96 bits per heavy atom. The van der Waals surface area contributed by atoms with Crippen LogP contribution in [-0.2, 0) is 0 Å². The molecule has 3 rings (SSSR count). The molecule has 1 atom stereocenters. The third-order valence-electron chi connectivity index (χ3n) is 5.14. The monoisotopic (exact) mass is 389 g/mol. The number of rotatable bonds is 5. The van der Waals surface area contributed by atoms with Crippen LogP contribution < -0.4 is 16.0 Å². The van der Waals surface area contributed by atoms with E-state index >= 15 is 0 Å². The Morgan fingerprint density at radius 1 is 1.32 bits per heavy atom. The first-order valence-corrected chi connectivity index (χ1v) is 8.44. The average molecular weight is 390 g/mol. The molecule has 1 amide bonds. The first-order chi connectivity index (χ1) is 11.0. The van der Waals surface area contributed by atoms with Crippen LogP contribution in [-0.4, -0.2) is 61.1 Å². The number of piperazine rings is 1. The number of nitrogens with zero attached hydrogens (tertiary/aromatic N) is 3. The second-order valence-electron chi connectivity index (χ2n) is 7.04. The van der Waals surface area contributed by atoms with Crippen molar-refractivity contribution in [1.82, 2.24) is 15.2 Å². The maximum atomic E-state index is 12.6. The lowest BCUT2D eigenvalue weighted by atomic mass is 9.95. The second-order valence-corrected chi connectivity index (χ2v) is 7.04. The first-order valence-electron chi connectivity index (χ1n) is 8.44. The molecule has 142 valence electrons. The highest BCUT2D eigenvalue weighted by Crippen LogP contribution is 2.39. The van der Waals surface area contributed by atoms with Gasteiger partial charge >= 0.3 is 0 Å². The number of pyridine rings is 1. The molecule has 1 saturated heterocycles. The van der Waals surface area contributed by atoms with Crippen molar-refractivity contribution in [2.75, 3.05) is 44.7 Å². The minimum atomic E-state index is -0.297. The molecular weight excluding hydrogens is 361 g/mol. The Kier molecular flexibility index (Phi) is 7.93. The largest absolute Gasteiger partial charge is 0.354 e. The number of halogens is 2. The fourth-order valence-corrected chi connectivity index (χ4v) is 3.14. The van der Waals surface area contributed by atoms with Gasteiger partial charge in [-0.2, -0.15) is 0 Å². The number of likely N-dealkylation sites (N-methyl/N-ethyl adjacent to an activating group) is 1. The Bertz CT molecular complexity index is 576. The predicted molar refractivity (Wildman–Crippen MR) is 106 cm³/mol. The summed E-state index contributed by atoms with van der Waals surface area (Å²) in [5, 5.41) is 3.14. The summed E-state index contributed by atoms with van der Waals surface area (Å²) in [6, 6.07) is 3.67. The molecule has 1 aromatic heterocycles. The van der Waals surface area contributed by atoms with Crippen molar-refractivity contribution < 1.29 is 4.79 Å². The number of anilines is 1. The van der Waals surface area contributed by atoms with E-state index in [4.69, 9.17) is 5.73 Å². The summed E-state index contributed by atoms with van der Waals surface area (Å²) in [6.07, 6.45) is 4.02. The molecule has 3 N–H and O–H groups in total. The van der Waals surface area contributed by atoms with Crippen LogP contribution in [0.4, 0.5) is 5.82 Å². The maximum absolute atomic E-state index is 12.6. The van der Waals surface area contributed by atoms with Crippen LogP contribution in [0, 0.1) is 5.92 Å². The number of carbonyl (C=O) groups excluding carboxylic acids is 1. The standard InChI is InChI=1S/C17H27N5O.2ClH/c1-17(12-18,14-3-4-14)20-16(23)13-5-6-19-15(11-13)22-9-7-21(2)8-10-22;;/h5-6,11,14H,3-4,7-10,12,18H2,1-2H3,(H,20,23);2*1H. The normalized spacial score (nSPS) is 20.0. The smallest absolute Gasteiger partial charge is 0.251 e. The van der Waals surface area contributed by atoms with Crippen LogP contribution in [0.2, 0.25) is 0 Å². The molecule has 0 spiro atoms. The molecule has 6 nitrogen and oxygen atoms in total. The molecule has 2 aliphatic rings. The quantitative estimate of drug-likeness (QED) is 0.798. The molecule has 2 fully saturated rings. The molecule has 0 radical (unpaired) electrons. The fraction of sp³-hybridized carbons (Fsp3) is 0.647. The van der Waals surface area contributed by atoms with Gasteiger partial charge in [0.05, 0.1) is 5.54 Å². The number of aromatic nitrogens is 1. The van der Waals surface area contributed by atoms with E-state index < -0.39 is 0 Å². The number of hydrogen-bond acceptors (Lipinski definition) is 5. The van der Waals surface area contributed by atoms with Gasteiger partial charge in [-0.1, -0.05) is 0 Å². The second kappa shape index (κ2) is 9.03. The van der Waals surface area contributed by atoms with Gasteiger partial charge in [-0.05, 0) is 44.9 Å². The van der Waals surface area contributed by atoms with E-state index in [1.54, 1.807) is 12.3 Å². The highest BCUT2D eigenvalue weighted by Gasteiger charge is 2.41. The van der Waals surface area contributed by atoms with Gasteiger partial charge in [-0.25, -0.2) is 4.98 Å². The zero-order valence-corrected chi connectivity index (χ0v) is 16.5. The van der Waals surface area contributed by atoms with Crippen molar-refractivity contribution in [1.29, 1.82) is 0 Å². The Balaban J connectivity index is 0.00000156. The third kappa shape index (κ3) is 5.20. The zero-order valence-electron chi connectivity index (χ0n) is 14.9. The molecule has 1 aromatic rings. The summed E-state index contributed by atoms with van der Waals surface area (Å²) in [4.78, 5) is 21.6. The lowest BCUT2D eigenvalue weighted by Gasteiger charge is -2.33. The average Bonchev–Trinajstić information content (AvgIpc) is 3.41. The summed E-state index contributed by atoms with van der Waals surface area (Å²) in [5.41, 5.74) is 6.26. The first kappa shape index (κ1) is 22.0. The van der Waals surface area contributed by atoms with Crippen molar-refractivity contribution in [2.45, 2.75) is 25.3 Å². The number of nitrogens with two attached hydrogens (primary N) is 1. The van der Waals surface area contributed by atoms with Crippen molar-refractivity contribution >= 4 is 36.5 Å². The number of carbonyl (C=O) groups is 1. The Labute approximate surface area is 162 Å². The number of hydrogen-bond donors (Lipinski definition) is 2. The maximum Gasteiger partial charge on any atom is 0.251 e. The van der Waals surface area contributed by atoms with Crippen LogP contribution in [0.3, 0.4) is 0 Å². The van der Waals surface area contributed by atoms with Crippen LogP contribution in [0.5, 0.6) is 0 Å². The van der Waals surface area contributed by atoms with Crippen molar-refractivity contribution in [3.63, 3.8) is 0 Å². The van der Waals surface area contributed by atoms with E-state index in [0.29, 0.717) is 18.0 Å². The molecule has 1 aliphatic carbocycles. The van der Waals surface area contributed by atoms with Crippen LogP contribution in [0.15, 0.2) is 18.3 Å². The van der Waals surface area contributed by atoms with Gasteiger partial charge in [0, 0.05) is 44.5 Å². The van der Waals surface area contributed by atoms with E-state index in [-0.39, 0.29) is 36.3 Å². The highest BCUT2D eigenvalue weighted by atomic mass is 35.5. The van der Waals surface area contributed by atoms with E-state index in [0.717, 1.165) is 44.8 Å². The SMILES string of the molecule is CN1CCN(c2cc(C(=O)NC(C)(CN)C3CC3)ccn2)CC1.Cl.Cl. The summed E-state index contributed by atoms with van der Waals surface area (Å²) < 4.78 is 0. The van der Waals surface area contributed by atoms with E-state index in [9.17, 15) is 4.79 Å². The molecule has 0 aromatic carbocycles. The summed E-state index contributed by atoms with van der Waals surface area (Å²) in [7, 11) is 2.13. The molecule has 2 heterocycles. The van der Waals surface area contributed by atoms with Crippen LogP contribution in [0.25, 0.3) is 0 Å². The van der Waals surface area contributed by atoms with Gasteiger partial charge in [-0.15, -0.1) is 24.8 Å². The van der Waals surface area contributed by atoms with Crippen LogP contribution >= 0.6 is 24.8 Å². The minimum Gasteiger partial charge on any atom is -0.354 e. The summed E-state index contributed by atoms with van der Waals surface area (Å²) in [6.45, 7) is 6.44. The minimum absolute atomic E-state index is 0. The highest BCUT2D eigenvalue weighted by molar-refractivity contribution is 5.95. The van der Waals surface area contributed by atoms with Gasteiger partial charge < -0.3 is 20.9 Å². The predicted octanol–water partition coefficient (Wildman–Crippen LogP) is 1.53. The molecular formula is C17H29Cl2N5O. The van der Waals surface area contributed by atoms with Gasteiger partial charge in [-0.3, -0.25) is 4.79 Å². The number of nitrogens with one attached hydrogen (secondary N) is 1.